The highest BCUT2D eigenvalue weighted by atomic mass is 16.7. The lowest BCUT2D eigenvalue weighted by atomic mass is 9.75. The Balaban J connectivity index is 1.73. The van der Waals surface area contributed by atoms with Gasteiger partial charge in [0.2, 0.25) is 0 Å². The molecule has 5 heteroatoms. The molecule has 1 aliphatic rings. The predicted molar refractivity (Wildman–Crippen MR) is 107 cm³/mol. The summed E-state index contributed by atoms with van der Waals surface area (Å²) in [4.78, 5) is 11.9. The van der Waals surface area contributed by atoms with Crippen molar-refractivity contribution < 1.29 is 18.8 Å². The van der Waals surface area contributed by atoms with Gasteiger partial charge < -0.3 is 18.8 Å². The summed E-state index contributed by atoms with van der Waals surface area (Å²) in [5.74, 6) is 0.363. The zero-order chi connectivity index (χ0) is 19.5. The molecule has 1 saturated heterocycles. The third-order valence-corrected chi connectivity index (χ3v) is 5.47. The van der Waals surface area contributed by atoms with E-state index in [0.717, 1.165) is 23.2 Å². The summed E-state index contributed by atoms with van der Waals surface area (Å²) in [6.07, 6.45) is 1.41. The Morgan fingerprint density at radius 2 is 1.56 bits per heavy atom. The lowest BCUT2D eigenvalue weighted by Gasteiger charge is -2.32. The van der Waals surface area contributed by atoms with Crippen molar-refractivity contribution in [2.24, 2.45) is 0 Å². The molecule has 0 saturated carbocycles. The maximum Gasteiger partial charge on any atom is 0.458 e. The van der Waals surface area contributed by atoms with Crippen molar-refractivity contribution in [3.8, 4) is 5.75 Å². The van der Waals surface area contributed by atoms with Gasteiger partial charge >= 0.3 is 7.12 Å². The summed E-state index contributed by atoms with van der Waals surface area (Å²) < 4.78 is 18.1. The van der Waals surface area contributed by atoms with Crippen molar-refractivity contribution in [1.29, 1.82) is 0 Å². The zero-order valence-corrected chi connectivity index (χ0v) is 16.5. The van der Waals surface area contributed by atoms with E-state index in [1.807, 2.05) is 82.3 Å². The zero-order valence-electron chi connectivity index (χ0n) is 16.5. The van der Waals surface area contributed by atoms with Gasteiger partial charge in [-0.1, -0.05) is 48.5 Å². The summed E-state index contributed by atoms with van der Waals surface area (Å²) in [5, 5.41) is 0. The molecule has 1 unspecified atom stereocenters. The molecule has 1 aliphatic heterocycles. The van der Waals surface area contributed by atoms with Crippen LogP contribution in [-0.4, -0.2) is 24.6 Å². The summed E-state index contributed by atoms with van der Waals surface area (Å²) >= 11 is 0. The van der Waals surface area contributed by atoms with Crippen LogP contribution in [0.2, 0.25) is 6.32 Å². The van der Waals surface area contributed by atoms with Gasteiger partial charge in [0, 0.05) is 11.5 Å². The van der Waals surface area contributed by atoms with Crippen molar-refractivity contribution in [3.63, 3.8) is 0 Å². The van der Waals surface area contributed by atoms with Gasteiger partial charge in [-0.3, -0.25) is 0 Å². The predicted octanol–water partition coefficient (Wildman–Crippen LogP) is 4.64. The first kappa shape index (κ1) is 19.7. The standard InChI is InChI=1S/C22H27BO4/c1-21(2)22(3,4)27-23(26-21)14-18(15-24)19-12-8-9-13-20(19)25-16-17-10-6-5-7-11-17/h5-13,15,18H,14,16H2,1-4H3. The average molecular weight is 366 g/mol. The van der Waals surface area contributed by atoms with E-state index in [4.69, 9.17) is 14.0 Å². The Labute approximate surface area is 162 Å². The minimum absolute atomic E-state index is 0.355. The molecule has 4 nitrogen and oxygen atoms in total. The molecule has 0 spiro atoms. The van der Waals surface area contributed by atoms with Crippen LogP contribution in [0.15, 0.2) is 54.6 Å². The molecule has 2 aromatic carbocycles. The van der Waals surface area contributed by atoms with E-state index >= 15 is 0 Å². The van der Waals surface area contributed by atoms with Crippen LogP contribution in [0, 0.1) is 0 Å². The van der Waals surface area contributed by atoms with Gasteiger partial charge in [-0.05, 0) is 45.6 Å². The van der Waals surface area contributed by atoms with Crippen molar-refractivity contribution in [1.82, 2.24) is 0 Å². The Hall–Kier alpha value is -2.11. The van der Waals surface area contributed by atoms with Crippen LogP contribution >= 0.6 is 0 Å². The summed E-state index contributed by atoms with van der Waals surface area (Å²) in [5.41, 5.74) is 1.13. The largest absolute Gasteiger partial charge is 0.489 e. The molecule has 1 atom stereocenters. The van der Waals surface area contributed by atoms with Gasteiger partial charge in [0.1, 0.15) is 18.6 Å². The highest BCUT2D eigenvalue weighted by Crippen LogP contribution is 2.40. The lowest BCUT2D eigenvalue weighted by molar-refractivity contribution is -0.108. The molecule has 1 heterocycles. The highest BCUT2D eigenvalue weighted by Gasteiger charge is 2.51. The Bertz CT molecular complexity index is 757. The molecule has 0 amide bonds. The number of carbonyl (C=O) groups is 1. The molecule has 142 valence electrons. The number of ether oxygens (including phenoxy) is 1. The average Bonchev–Trinajstić information content (AvgIpc) is 2.85. The quantitative estimate of drug-likeness (QED) is 0.529. The maximum absolute atomic E-state index is 11.9. The number of aldehydes is 1. The third kappa shape index (κ3) is 4.42. The second-order valence-electron chi connectivity index (χ2n) is 7.98. The van der Waals surface area contributed by atoms with E-state index in [0.29, 0.717) is 12.9 Å². The summed E-state index contributed by atoms with van der Waals surface area (Å²) in [6, 6.07) is 17.7. The van der Waals surface area contributed by atoms with Gasteiger partial charge in [0.25, 0.3) is 0 Å². The van der Waals surface area contributed by atoms with Crippen molar-refractivity contribution in [2.45, 2.75) is 57.7 Å². The molecule has 0 aromatic heterocycles. The van der Waals surface area contributed by atoms with E-state index in [1.165, 1.54) is 0 Å². The molecular weight excluding hydrogens is 339 g/mol. The van der Waals surface area contributed by atoms with Gasteiger partial charge in [-0.15, -0.1) is 0 Å². The fourth-order valence-corrected chi connectivity index (χ4v) is 3.18. The second kappa shape index (κ2) is 7.87. The van der Waals surface area contributed by atoms with Crippen molar-refractivity contribution in [2.75, 3.05) is 0 Å². The molecule has 0 radical (unpaired) electrons. The number of carbonyl (C=O) groups excluding carboxylic acids is 1. The minimum Gasteiger partial charge on any atom is -0.489 e. The first-order valence-corrected chi connectivity index (χ1v) is 9.39. The first-order chi connectivity index (χ1) is 12.8. The second-order valence-corrected chi connectivity index (χ2v) is 7.98. The molecule has 3 rings (SSSR count). The smallest absolute Gasteiger partial charge is 0.458 e. The molecule has 1 fully saturated rings. The maximum atomic E-state index is 11.9. The van der Waals surface area contributed by atoms with Crippen LogP contribution in [-0.2, 0) is 20.7 Å². The number of hydrogen-bond acceptors (Lipinski definition) is 4. The minimum atomic E-state index is -0.424. The van der Waals surface area contributed by atoms with Gasteiger partial charge in [-0.2, -0.15) is 0 Å². The van der Waals surface area contributed by atoms with E-state index < -0.39 is 18.3 Å². The van der Waals surface area contributed by atoms with E-state index in [1.54, 1.807) is 0 Å². The van der Waals surface area contributed by atoms with Gasteiger partial charge in [0.05, 0.1) is 11.2 Å². The lowest BCUT2D eigenvalue weighted by Crippen LogP contribution is -2.41. The van der Waals surface area contributed by atoms with Crippen LogP contribution in [0.3, 0.4) is 0 Å². The Morgan fingerprint density at radius 3 is 2.19 bits per heavy atom. The molecule has 2 aromatic rings. The van der Waals surface area contributed by atoms with Crippen LogP contribution in [0.5, 0.6) is 5.75 Å². The van der Waals surface area contributed by atoms with Crippen LogP contribution < -0.4 is 4.74 Å². The van der Waals surface area contributed by atoms with Gasteiger partial charge in [-0.25, -0.2) is 0 Å². The number of para-hydroxylation sites is 1. The molecule has 27 heavy (non-hydrogen) atoms. The van der Waals surface area contributed by atoms with Crippen molar-refractivity contribution in [3.05, 3.63) is 65.7 Å². The number of rotatable bonds is 7. The van der Waals surface area contributed by atoms with E-state index in [-0.39, 0.29) is 5.92 Å². The summed E-state index contributed by atoms with van der Waals surface area (Å²) in [6.45, 7) is 8.51. The third-order valence-electron chi connectivity index (χ3n) is 5.47. The topological polar surface area (TPSA) is 44.8 Å². The summed E-state index contributed by atoms with van der Waals surface area (Å²) in [7, 11) is -0.424. The van der Waals surface area contributed by atoms with Crippen LogP contribution in [0.1, 0.15) is 44.7 Å². The monoisotopic (exact) mass is 366 g/mol. The number of benzene rings is 2. The Kier molecular flexibility index (Phi) is 5.73. The SMILES string of the molecule is CC1(C)OB(CC(C=O)c2ccccc2OCc2ccccc2)OC1(C)C. The molecule has 0 N–H and O–H groups in total. The highest BCUT2D eigenvalue weighted by molar-refractivity contribution is 6.46. The normalized spacial score (nSPS) is 18.9. The molecular formula is C22H27BO4. The molecule has 0 aliphatic carbocycles. The fraction of sp³-hybridized carbons (Fsp3) is 0.409. The van der Waals surface area contributed by atoms with Crippen molar-refractivity contribution >= 4 is 13.4 Å². The van der Waals surface area contributed by atoms with Crippen LogP contribution in [0.4, 0.5) is 0 Å². The van der Waals surface area contributed by atoms with Crippen LogP contribution in [0.25, 0.3) is 0 Å². The van der Waals surface area contributed by atoms with E-state index in [2.05, 4.69) is 0 Å². The van der Waals surface area contributed by atoms with E-state index in [9.17, 15) is 4.79 Å². The fourth-order valence-electron chi connectivity index (χ4n) is 3.18. The molecule has 0 bridgehead atoms. The number of hydrogen-bond donors (Lipinski definition) is 0. The Morgan fingerprint density at radius 1 is 0.963 bits per heavy atom. The first-order valence-electron chi connectivity index (χ1n) is 9.39. The van der Waals surface area contributed by atoms with Gasteiger partial charge in [0.15, 0.2) is 0 Å².